The second-order valence-corrected chi connectivity index (χ2v) is 7.86. The Hall–Kier alpha value is -2.71. The third kappa shape index (κ3) is 4.72. The summed E-state index contributed by atoms with van der Waals surface area (Å²) in [6, 6.07) is 11.8. The lowest BCUT2D eigenvalue weighted by molar-refractivity contribution is 0.413. The third-order valence-electron chi connectivity index (χ3n) is 4.11. The highest BCUT2D eigenvalue weighted by Gasteiger charge is 2.25. The predicted octanol–water partition coefficient (Wildman–Crippen LogP) is 2.78. The molecule has 0 saturated heterocycles. The van der Waals surface area contributed by atoms with E-state index in [0.717, 1.165) is 0 Å². The van der Waals surface area contributed by atoms with Gasteiger partial charge in [-0.15, -0.1) is 0 Å². The molecule has 0 bridgehead atoms. The summed E-state index contributed by atoms with van der Waals surface area (Å²) in [4.78, 5) is 4.30. The Morgan fingerprint density at radius 2 is 1.96 bits per heavy atom. The number of hydrogen-bond acceptors (Lipinski definition) is 4. The van der Waals surface area contributed by atoms with Crippen LogP contribution in [0.2, 0.25) is 0 Å². The highest BCUT2D eigenvalue weighted by molar-refractivity contribution is 7.88. The van der Waals surface area contributed by atoms with Crippen LogP contribution < -0.4 is 9.46 Å². The minimum atomic E-state index is -3.72. The van der Waals surface area contributed by atoms with Crippen LogP contribution in [0.25, 0.3) is 0 Å². The summed E-state index contributed by atoms with van der Waals surface area (Å²) >= 11 is 0. The van der Waals surface area contributed by atoms with E-state index in [1.807, 2.05) is 6.07 Å². The van der Waals surface area contributed by atoms with Crippen molar-refractivity contribution < 1.29 is 17.5 Å². The van der Waals surface area contributed by atoms with E-state index in [0.29, 0.717) is 22.7 Å². The van der Waals surface area contributed by atoms with Crippen molar-refractivity contribution in [3.05, 3.63) is 83.7 Å². The van der Waals surface area contributed by atoms with Gasteiger partial charge in [-0.2, -0.15) is 4.72 Å². The maximum absolute atomic E-state index is 13.1. The normalized spacial score (nSPS) is 12.7. The molecule has 0 aliphatic carbocycles. The van der Waals surface area contributed by atoms with Crippen molar-refractivity contribution in [2.75, 3.05) is 7.11 Å². The average Bonchev–Trinajstić information content (AvgIpc) is 3.07. The van der Waals surface area contributed by atoms with Crippen molar-refractivity contribution in [3.8, 4) is 5.75 Å². The summed E-state index contributed by atoms with van der Waals surface area (Å²) < 4.78 is 48.3. The minimum absolute atomic E-state index is 0.266. The van der Waals surface area contributed by atoms with Gasteiger partial charge in [0.05, 0.1) is 12.9 Å². The van der Waals surface area contributed by atoms with Crippen LogP contribution in [0.4, 0.5) is 4.39 Å². The first-order valence-electron chi connectivity index (χ1n) is 8.23. The maximum Gasteiger partial charge on any atom is 0.216 e. The number of rotatable bonds is 7. The zero-order chi connectivity index (χ0) is 19.4. The molecule has 1 heterocycles. The summed E-state index contributed by atoms with van der Waals surface area (Å²) in [5.74, 6) is 0.486. The van der Waals surface area contributed by atoms with E-state index in [1.165, 1.54) is 24.3 Å². The van der Waals surface area contributed by atoms with Gasteiger partial charge in [-0.3, -0.25) is 0 Å². The Labute approximate surface area is 157 Å². The Morgan fingerprint density at radius 3 is 2.59 bits per heavy atom. The number of nitrogens with zero attached hydrogens (tertiary/aromatic N) is 2. The molecule has 1 N–H and O–H groups in total. The van der Waals surface area contributed by atoms with Gasteiger partial charge in [0.1, 0.15) is 23.4 Å². The van der Waals surface area contributed by atoms with Crippen LogP contribution in [0.15, 0.2) is 60.9 Å². The van der Waals surface area contributed by atoms with Crippen LogP contribution >= 0.6 is 0 Å². The molecule has 0 aliphatic heterocycles. The smallest absolute Gasteiger partial charge is 0.216 e. The Bertz CT molecular complexity index is 1020. The molecule has 27 heavy (non-hydrogen) atoms. The number of nitrogens with one attached hydrogen (secondary N) is 1. The zero-order valence-electron chi connectivity index (χ0n) is 15.0. The molecule has 1 aromatic heterocycles. The fourth-order valence-electron chi connectivity index (χ4n) is 2.77. The molecule has 8 heteroatoms. The van der Waals surface area contributed by atoms with E-state index in [1.54, 1.807) is 49.3 Å². The number of halogens is 1. The molecule has 0 unspecified atom stereocenters. The zero-order valence-corrected chi connectivity index (χ0v) is 15.8. The predicted molar refractivity (Wildman–Crippen MR) is 100 cm³/mol. The van der Waals surface area contributed by atoms with Gasteiger partial charge in [0, 0.05) is 19.4 Å². The molecule has 0 fully saturated rings. The van der Waals surface area contributed by atoms with Gasteiger partial charge >= 0.3 is 0 Å². The fourth-order valence-corrected chi connectivity index (χ4v) is 4.08. The molecule has 0 radical (unpaired) electrons. The molecule has 3 aromatic rings. The second-order valence-electron chi connectivity index (χ2n) is 6.11. The topological polar surface area (TPSA) is 73.2 Å². The van der Waals surface area contributed by atoms with Crippen LogP contribution in [0, 0.1) is 5.82 Å². The molecule has 142 valence electrons. The van der Waals surface area contributed by atoms with E-state index in [2.05, 4.69) is 9.71 Å². The monoisotopic (exact) mass is 389 g/mol. The fraction of sp³-hybridized carbons (Fsp3) is 0.211. The van der Waals surface area contributed by atoms with Crippen molar-refractivity contribution in [2.24, 2.45) is 7.05 Å². The molecular formula is C19H20FN3O3S. The number of aromatic nitrogens is 2. The van der Waals surface area contributed by atoms with Crippen molar-refractivity contribution in [1.82, 2.24) is 14.3 Å². The number of imidazole rings is 1. The summed E-state index contributed by atoms with van der Waals surface area (Å²) in [5.41, 5.74) is 1.19. The molecule has 3 rings (SSSR count). The number of ether oxygens (including phenoxy) is 1. The van der Waals surface area contributed by atoms with Crippen LogP contribution in [0.5, 0.6) is 5.75 Å². The summed E-state index contributed by atoms with van der Waals surface area (Å²) in [7, 11) is -0.379. The second kappa shape index (κ2) is 7.89. The highest BCUT2D eigenvalue weighted by Crippen LogP contribution is 2.25. The van der Waals surface area contributed by atoms with Crippen LogP contribution in [0.3, 0.4) is 0 Å². The van der Waals surface area contributed by atoms with Crippen LogP contribution in [-0.4, -0.2) is 25.1 Å². The Kier molecular flexibility index (Phi) is 5.57. The highest BCUT2D eigenvalue weighted by atomic mass is 32.2. The maximum atomic E-state index is 13.1. The molecule has 6 nitrogen and oxygen atoms in total. The van der Waals surface area contributed by atoms with Gasteiger partial charge in [-0.25, -0.2) is 17.8 Å². The molecule has 0 aliphatic rings. The third-order valence-corrected chi connectivity index (χ3v) is 5.42. The van der Waals surface area contributed by atoms with Crippen molar-refractivity contribution in [1.29, 1.82) is 0 Å². The van der Waals surface area contributed by atoms with Crippen LogP contribution in [-0.2, 0) is 22.8 Å². The van der Waals surface area contributed by atoms with Crippen molar-refractivity contribution in [2.45, 2.75) is 11.8 Å². The minimum Gasteiger partial charge on any atom is -0.497 e. The largest absolute Gasteiger partial charge is 0.497 e. The number of benzene rings is 2. The SMILES string of the molecule is COc1cccc([C@@H](NS(=O)(=O)Cc2ccc(F)cc2)c2nccn2C)c1. The standard InChI is InChI=1S/C19H20FN3O3S/c1-23-11-10-21-19(23)18(15-4-3-5-17(12-15)26-2)22-27(24,25)13-14-6-8-16(20)9-7-14/h3-12,18,22H,13H2,1-2H3/t18-/m1/s1. The summed E-state index contributed by atoms with van der Waals surface area (Å²) in [5, 5.41) is 0. The lowest BCUT2D eigenvalue weighted by atomic mass is 10.1. The molecule has 0 saturated carbocycles. The first kappa shape index (κ1) is 19.1. The Balaban J connectivity index is 1.93. The number of methoxy groups -OCH3 is 1. The number of aryl methyl sites for hydroxylation is 1. The van der Waals surface area contributed by atoms with E-state index in [9.17, 15) is 12.8 Å². The number of hydrogen-bond donors (Lipinski definition) is 1. The van der Waals surface area contributed by atoms with Crippen LogP contribution in [0.1, 0.15) is 23.0 Å². The molecule has 0 amide bonds. The van der Waals surface area contributed by atoms with Crippen molar-refractivity contribution in [3.63, 3.8) is 0 Å². The quantitative estimate of drug-likeness (QED) is 0.674. The summed E-state index contributed by atoms with van der Waals surface area (Å²) in [6.45, 7) is 0. The summed E-state index contributed by atoms with van der Waals surface area (Å²) in [6.07, 6.45) is 3.35. The van der Waals surface area contributed by atoms with Gasteiger partial charge in [0.25, 0.3) is 0 Å². The number of sulfonamides is 1. The van der Waals surface area contributed by atoms with E-state index >= 15 is 0 Å². The first-order chi connectivity index (χ1) is 12.9. The lowest BCUT2D eigenvalue weighted by Gasteiger charge is -2.20. The first-order valence-corrected chi connectivity index (χ1v) is 9.89. The van der Waals surface area contributed by atoms with E-state index in [-0.39, 0.29) is 5.75 Å². The van der Waals surface area contributed by atoms with Gasteiger partial charge in [0.2, 0.25) is 10.0 Å². The van der Waals surface area contributed by atoms with Gasteiger partial charge in [0.15, 0.2) is 0 Å². The van der Waals surface area contributed by atoms with E-state index < -0.39 is 21.9 Å². The van der Waals surface area contributed by atoms with Gasteiger partial charge < -0.3 is 9.30 Å². The molecule has 0 spiro atoms. The Morgan fingerprint density at radius 1 is 1.22 bits per heavy atom. The van der Waals surface area contributed by atoms with Crippen molar-refractivity contribution >= 4 is 10.0 Å². The molecular weight excluding hydrogens is 369 g/mol. The van der Waals surface area contributed by atoms with Gasteiger partial charge in [-0.1, -0.05) is 24.3 Å². The molecule has 2 aromatic carbocycles. The van der Waals surface area contributed by atoms with E-state index in [4.69, 9.17) is 4.74 Å². The van der Waals surface area contributed by atoms with Gasteiger partial charge in [-0.05, 0) is 35.4 Å². The average molecular weight is 389 g/mol. The molecule has 1 atom stereocenters. The lowest BCUT2D eigenvalue weighted by Crippen LogP contribution is -2.32.